The summed E-state index contributed by atoms with van der Waals surface area (Å²) < 4.78 is 9.14. The highest BCUT2D eigenvalue weighted by molar-refractivity contribution is 4.79. The first-order valence-electron chi connectivity index (χ1n) is 2.94. The maximum Gasteiger partial charge on any atom is 0.0902 e. The molecule has 0 fully saturated rings. The minimum absolute atomic E-state index is 0.755. The summed E-state index contributed by atoms with van der Waals surface area (Å²) in [5.74, 6) is 0.755. The van der Waals surface area contributed by atoms with Crippen LogP contribution in [-0.4, -0.2) is 7.11 Å². The van der Waals surface area contributed by atoms with Gasteiger partial charge in [-0.05, 0) is 19.1 Å². The van der Waals surface area contributed by atoms with Gasteiger partial charge in [0.15, 0.2) is 0 Å². The molecule has 0 aromatic carbocycles. The topological polar surface area (TPSA) is 22.4 Å². The van der Waals surface area contributed by atoms with Crippen molar-refractivity contribution < 1.29 is 9.15 Å². The highest BCUT2D eigenvalue weighted by atomic mass is 16.5. The molecule has 0 aliphatic carbocycles. The largest absolute Gasteiger partial charge is 0.502 e. The van der Waals surface area contributed by atoms with E-state index in [1.54, 1.807) is 26.6 Å². The molecule has 1 aromatic heterocycles. The summed E-state index contributed by atoms with van der Waals surface area (Å²) in [6, 6.07) is 3.67. The lowest BCUT2D eigenvalue weighted by Crippen LogP contribution is -1.70. The van der Waals surface area contributed by atoms with E-state index in [0.29, 0.717) is 0 Å². The Labute approximate surface area is 61.1 Å². The maximum atomic E-state index is 4.58. The third kappa shape index (κ3) is 6.82. The van der Waals surface area contributed by atoms with Gasteiger partial charge in [0.2, 0.25) is 0 Å². The first-order valence-corrected chi connectivity index (χ1v) is 2.94. The summed E-state index contributed by atoms with van der Waals surface area (Å²) in [6.45, 7) is 5.26. The molecule has 0 unspecified atom stereocenters. The molecular formula is C8H12O2. The van der Waals surface area contributed by atoms with E-state index in [2.05, 4.69) is 15.7 Å². The Balaban J connectivity index is 0.000000162. The summed E-state index contributed by atoms with van der Waals surface area (Å²) in [5.41, 5.74) is 0. The summed E-state index contributed by atoms with van der Waals surface area (Å²) in [7, 11) is 1.60. The lowest BCUT2D eigenvalue weighted by atomic mass is 10.7. The Hall–Kier alpha value is -1.18. The summed E-state index contributed by atoms with van der Waals surface area (Å²) in [4.78, 5) is 0. The predicted octanol–water partition coefficient (Wildman–Crippen LogP) is 2.45. The van der Waals surface area contributed by atoms with Gasteiger partial charge >= 0.3 is 0 Å². The van der Waals surface area contributed by atoms with Gasteiger partial charge in [-0.2, -0.15) is 0 Å². The summed E-state index contributed by atoms with van der Waals surface area (Å²) >= 11 is 0. The van der Waals surface area contributed by atoms with Crippen LogP contribution in [0.5, 0.6) is 0 Å². The van der Waals surface area contributed by atoms with E-state index >= 15 is 0 Å². The second kappa shape index (κ2) is 5.95. The van der Waals surface area contributed by atoms with E-state index in [4.69, 9.17) is 0 Å². The van der Waals surface area contributed by atoms with E-state index in [0.717, 1.165) is 5.76 Å². The van der Waals surface area contributed by atoms with Gasteiger partial charge < -0.3 is 9.15 Å². The highest BCUT2D eigenvalue weighted by Crippen LogP contribution is 1.80. The van der Waals surface area contributed by atoms with Crippen LogP contribution in [0, 0.1) is 0 Å². The molecule has 0 bridgehead atoms. The quantitative estimate of drug-likeness (QED) is 0.559. The molecule has 2 heteroatoms. The fourth-order valence-electron chi connectivity index (χ4n) is 0.227. The Morgan fingerprint density at radius 3 is 1.90 bits per heavy atom. The molecular weight excluding hydrogens is 128 g/mol. The molecule has 1 aromatic rings. The van der Waals surface area contributed by atoms with Gasteiger partial charge in [0.05, 0.1) is 25.4 Å². The third-order valence-corrected chi connectivity index (χ3v) is 0.774. The van der Waals surface area contributed by atoms with E-state index < -0.39 is 0 Å². The van der Waals surface area contributed by atoms with Crippen molar-refractivity contribution in [3.8, 4) is 0 Å². The third-order valence-electron chi connectivity index (χ3n) is 0.774. The molecule has 0 N–H and O–H groups in total. The van der Waals surface area contributed by atoms with Crippen molar-refractivity contribution in [2.45, 2.75) is 6.92 Å². The van der Waals surface area contributed by atoms with Crippen LogP contribution in [0.1, 0.15) is 6.92 Å². The number of methoxy groups -OCH3 is 1. The van der Waals surface area contributed by atoms with Crippen molar-refractivity contribution in [1.29, 1.82) is 0 Å². The zero-order valence-electron chi connectivity index (χ0n) is 6.33. The fraction of sp³-hybridized carbons (Fsp3) is 0.250. The standard InChI is InChI=1S/C4H4O.C4H8O/c1-2-4-5-3-1;1-4(2)5-3/h1-4H;1H2,2-3H3. The summed E-state index contributed by atoms with van der Waals surface area (Å²) in [6.07, 6.45) is 3.25. The van der Waals surface area contributed by atoms with Crippen molar-refractivity contribution in [3.63, 3.8) is 0 Å². The molecule has 56 valence electrons. The second-order valence-electron chi connectivity index (χ2n) is 1.70. The minimum Gasteiger partial charge on any atom is -0.502 e. The fourth-order valence-corrected chi connectivity index (χ4v) is 0.227. The van der Waals surface area contributed by atoms with Gasteiger partial charge in [0.25, 0.3) is 0 Å². The molecule has 0 saturated heterocycles. The molecule has 0 aliphatic rings. The lowest BCUT2D eigenvalue weighted by Gasteiger charge is -1.88. The SMILES string of the molecule is C=C(C)OC.c1ccoc1. The minimum atomic E-state index is 0.755. The smallest absolute Gasteiger partial charge is 0.0902 e. The van der Waals surface area contributed by atoms with Crippen LogP contribution in [0.4, 0.5) is 0 Å². The molecule has 2 nitrogen and oxygen atoms in total. The van der Waals surface area contributed by atoms with Crippen LogP contribution in [0.2, 0.25) is 0 Å². The zero-order chi connectivity index (χ0) is 7.82. The van der Waals surface area contributed by atoms with Crippen LogP contribution in [0.3, 0.4) is 0 Å². The Morgan fingerprint density at radius 2 is 1.80 bits per heavy atom. The maximum absolute atomic E-state index is 4.58. The Bertz CT molecular complexity index is 137. The van der Waals surface area contributed by atoms with Gasteiger partial charge in [-0.3, -0.25) is 0 Å². The van der Waals surface area contributed by atoms with E-state index in [1.165, 1.54) is 0 Å². The predicted molar refractivity (Wildman–Crippen MR) is 40.5 cm³/mol. The number of hydrogen-bond acceptors (Lipinski definition) is 2. The van der Waals surface area contributed by atoms with Crippen molar-refractivity contribution in [2.24, 2.45) is 0 Å². The van der Waals surface area contributed by atoms with Crippen LogP contribution in [-0.2, 0) is 4.74 Å². The average Bonchev–Trinajstić information content (AvgIpc) is 2.43. The Morgan fingerprint density at radius 1 is 1.40 bits per heavy atom. The molecule has 1 rings (SSSR count). The number of furan rings is 1. The van der Waals surface area contributed by atoms with Crippen LogP contribution in [0.25, 0.3) is 0 Å². The number of allylic oxidation sites excluding steroid dienone is 1. The van der Waals surface area contributed by atoms with Crippen molar-refractivity contribution in [1.82, 2.24) is 0 Å². The van der Waals surface area contributed by atoms with Gasteiger partial charge in [-0.15, -0.1) is 0 Å². The van der Waals surface area contributed by atoms with Crippen molar-refractivity contribution in [3.05, 3.63) is 37.0 Å². The Kier molecular flexibility index (Phi) is 5.25. The van der Waals surface area contributed by atoms with Gasteiger partial charge in [-0.1, -0.05) is 6.58 Å². The van der Waals surface area contributed by atoms with Crippen LogP contribution >= 0.6 is 0 Å². The van der Waals surface area contributed by atoms with E-state index in [-0.39, 0.29) is 0 Å². The van der Waals surface area contributed by atoms with E-state index in [9.17, 15) is 0 Å². The first kappa shape index (κ1) is 8.82. The highest BCUT2D eigenvalue weighted by Gasteiger charge is 1.65. The van der Waals surface area contributed by atoms with Gasteiger partial charge in [0, 0.05) is 0 Å². The normalized spacial score (nSPS) is 7.40. The van der Waals surface area contributed by atoms with Crippen molar-refractivity contribution in [2.75, 3.05) is 7.11 Å². The summed E-state index contributed by atoms with van der Waals surface area (Å²) in [5, 5.41) is 0. The van der Waals surface area contributed by atoms with Crippen LogP contribution in [0.15, 0.2) is 41.4 Å². The van der Waals surface area contributed by atoms with Crippen molar-refractivity contribution >= 4 is 0 Å². The van der Waals surface area contributed by atoms with Gasteiger partial charge in [-0.25, -0.2) is 0 Å². The first-order chi connectivity index (χ1) is 4.77. The molecule has 0 spiro atoms. The molecule has 10 heavy (non-hydrogen) atoms. The number of hydrogen-bond donors (Lipinski definition) is 0. The molecule has 0 amide bonds. The molecule has 0 radical (unpaired) electrons. The average molecular weight is 140 g/mol. The molecule has 0 aliphatic heterocycles. The molecule has 0 saturated carbocycles. The van der Waals surface area contributed by atoms with Gasteiger partial charge in [0.1, 0.15) is 0 Å². The van der Waals surface area contributed by atoms with E-state index in [1.807, 2.05) is 12.1 Å². The van der Waals surface area contributed by atoms with Crippen LogP contribution < -0.4 is 0 Å². The number of ether oxygens (including phenoxy) is 1. The monoisotopic (exact) mass is 140 g/mol. The molecule has 0 atom stereocenters. The molecule has 1 heterocycles. The number of rotatable bonds is 1. The lowest BCUT2D eigenvalue weighted by molar-refractivity contribution is 0.295. The zero-order valence-corrected chi connectivity index (χ0v) is 6.33. The second-order valence-corrected chi connectivity index (χ2v) is 1.70.